The van der Waals surface area contributed by atoms with Crippen LogP contribution in [0.15, 0.2) is 24.3 Å². The molecule has 1 aromatic rings. The van der Waals surface area contributed by atoms with E-state index >= 15 is 0 Å². The number of amides is 2. The minimum absolute atomic E-state index is 0.107. The molecule has 10 heteroatoms. The lowest BCUT2D eigenvalue weighted by atomic mass is 9.72. The monoisotopic (exact) mass is 433 g/mol. The van der Waals surface area contributed by atoms with Crippen molar-refractivity contribution in [2.24, 2.45) is 11.8 Å². The van der Waals surface area contributed by atoms with Gasteiger partial charge in [0.05, 0.1) is 24.1 Å². The molecule has 0 unspecified atom stereocenters. The van der Waals surface area contributed by atoms with Crippen molar-refractivity contribution >= 4 is 17.7 Å². The number of carbonyl (C=O) groups excluding carboxylic acids is 2. The molecule has 0 aromatic heterocycles. The number of non-ortho nitro benzene ring substituents is 1. The largest absolute Gasteiger partial charge is 0.421 e. The van der Waals surface area contributed by atoms with Crippen LogP contribution in [0.1, 0.15) is 25.7 Å². The summed E-state index contributed by atoms with van der Waals surface area (Å²) in [4.78, 5) is 38.9. The van der Waals surface area contributed by atoms with E-state index < -0.39 is 16.8 Å². The second kappa shape index (κ2) is 8.52. The van der Waals surface area contributed by atoms with Crippen molar-refractivity contribution < 1.29 is 28.7 Å². The molecule has 0 bridgehead atoms. The van der Waals surface area contributed by atoms with Crippen molar-refractivity contribution in [1.29, 1.82) is 0 Å². The summed E-state index contributed by atoms with van der Waals surface area (Å²) < 4.78 is 17.0. The van der Waals surface area contributed by atoms with Gasteiger partial charge in [-0.3, -0.25) is 14.9 Å². The maximum absolute atomic E-state index is 13.1. The van der Waals surface area contributed by atoms with Crippen LogP contribution in [0.4, 0.5) is 10.5 Å². The Bertz CT molecular complexity index is 853. The molecule has 1 saturated carbocycles. The summed E-state index contributed by atoms with van der Waals surface area (Å²) in [5.74, 6) is -0.768. The van der Waals surface area contributed by atoms with E-state index in [0.29, 0.717) is 32.2 Å². The predicted molar refractivity (Wildman–Crippen MR) is 108 cm³/mol. The molecular weight excluding hydrogens is 406 g/mol. The molecule has 1 spiro atoms. The van der Waals surface area contributed by atoms with Crippen LogP contribution in [0, 0.1) is 22.0 Å². The molecule has 3 atom stereocenters. The number of hydrogen-bond acceptors (Lipinski definition) is 8. The van der Waals surface area contributed by atoms with Gasteiger partial charge in [0.1, 0.15) is 5.75 Å². The minimum Gasteiger partial charge on any atom is -0.410 e. The first kappa shape index (κ1) is 21.7. The first-order valence-corrected chi connectivity index (χ1v) is 10.5. The lowest BCUT2D eigenvalue weighted by Crippen LogP contribution is -2.56. The molecule has 1 aliphatic carbocycles. The summed E-state index contributed by atoms with van der Waals surface area (Å²) in [6.45, 7) is 1.78. The van der Waals surface area contributed by atoms with E-state index in [1.807, 2.05) is 7.05 Å². The minimum atomic E-state index is -0.814. The van der Waals surface area contributed by atoms with E-state index in [4.69, 9.17) is 14.2 Å². The number of hydrogen-bond donors (Lipinski definition) is 0. The fourth-order valence-electron chi connectivity index (χ4n) is 5.09. The number of nitro groups is 1. The summed E-state index contributed by atoms with van der Waals surface area (Å²) >= 11 is 0. The molecule has 3 aliphatic rings. The van der Waals surface area contributed by atoms with Crippen LogP contribution in [0.25, 0.3) is 0 Å². The van der Waals surface area contributed by atoms with Gasteiger partial charge in [0.25, 0.3) is 5.69 Å². The van der Waals surface area contributed by atoms with Gasteiger partial charge in [-0.1, -0.05) is 0 Å². The lowest BCUT2D eigenvalue weighted by molar-refractivity contribution is -0.384. The molecule has 0 N–H and O–H groups in total. The van der Waals surface area contributed by atoms with E-state index in [9.17, 15) is 19.7 Å². The maximum Gasteiger partial charge on any atom is 0.421 e. The van der Waals surface area contributed by atoms with Gasteiger partial charge in [-0.15, -0.1) is 0 Å². The Morgan fingerprint density at radius 3 is 2.58 bits per heavy atom. The standard InChI is InChI=1S/C21H27N3O7/c1-22-13-15(11-14-12-21(8-7-18(14)22)29-9-10-30-21)19(25)23(2)20(26)31-17-5-3-16(4-6-17)24(27)28/h3-6,14-15,18H,7-13H2,1-2H3/t14-,15-,18-/m1/s1. The van der Waals surface area contributed by atoms with Gasteiger partial charge in [-0.05, 0) is 37.9 Å². The number of rotatable bonds is 3. The second-order valence-electron chi connectivity index (χ2n) is 8.57. The first-order chi connectivity index (χ1) is 14.8. The number of benzene rings is 1. The zero-order chi connectivity index (χ0) is 22.2. The quantitative estimate of drug-likeness (QED) is 0.528. The van der Waals surface area contributed by atoms with Gasteiger partial charge in [-0.25, -0.2) is 9.69 Å². The number of fused-ring (bicyclic) bond motifs is 1. The molecule has 2 saturated heterocycles. The highest BCUT2D eigenvalue weighted by Crippen LogP contribution is 2.45. The van der Waals surface area contributed by atoms with Crippen LogP contribution in [-0.2, 0) is 14.3 Å². The smallest absolute Gasteiger partial charge is 0.410 e. The van der Waals surface area contributed by atoms with Gasteiger partial charge in [0.2, 0.25) is 5.91 Å². The van der Waals surface area contributed by atoms with Gasteiger partial charge >= 0.3 is 6.09 Å². The van der Waals surface area contributed by atoms with E-state index in [2.05, 4.69) is 4.90 Å². The summed E-state index contributed by atoms with van der Waals surface area (Å²) in [6.07, 6.45) is 2.42. The second-order valence-corrected chi connectivity index (χ2v) is 8.57. The number of nitro benzene ring substituents is 1. The Morgan fingerprint density at radius 1 is 1.26 bits per heavy atom. The summed E-state index contributed by atoms with van der Waals surface area (Å²) in [7, 11) is 3.41. The molecule has 2 amide bonds. The van der Waals surface area contributed by atoms with Crippen LogP contribution in [0.5, 0.6) is 5.75 Å². The van der Waals surface area contributed by atoms with Crippen molar-refractivity contribution in [2.45, 2.75) is 37.5 Å². The molecule has 0 radical (unpaired) electrons. The third kappa shape index (κ3) is 4.41. The Balaban J connectivity index is 1.38. The van der Waals surface area contributed by atoms with Crippen molar-refractivity contribution in [3.05, 3.63) is 34.4 Å². The predicted octanol–water partition coefficient (Wildman–Crippen LogP) is 2.42. The maximum atomic E-state index is 13.1. The Hall–Kier alpha value is -2.56. The average Bonchev–Trinajstić information content (AvgIpc) is 3.20. The number of imide groups is 1. The third-order valence-corrected chi connectivity index (χ3v) is 6.62. The number of ether oxygens (including phenoxy) is 3. The lowest BCUT2D eigenvalue weighted by Gasteiger charge is -2.49. The van der Waals surface area contributed by atoms with Gasteiger partial charge < -0.3 is 19.1 Å². The van der Waals surface area contributed by atoms with Crippen LogP contribution in [0.3, 0.4) is 0 Å². The normalized spacial score (nSPS) is 27.5. The van der Waals surface area contributed by atoms with Gasteiger partial charge in [0.15, 0.2) is 5.79 Å². The molecule has 168 valence electrons. The molecule has 10 nitrogen and oxygen atoms in total. The molecular formula is C21H27N3O7. The molecule has 3 fully saturated rings. The highest BCUT2D eigenvalue weighted by molar-refractivity contribution is 5.93. The fraction of sp³-hybridized carbons (Fsp3) is 0.619. The van der Waals surface area contributed by atoms with Crippen molar-refractivity contribution in [3.63, 3.8) is 0 Å². The summed E-state index contributed by atoms with van der Waals surface area (Å²) in [5, 5.41) is 10.7. The van der Waals surface area contributed by atoms with E-state index in [-0.39, 0.29) is 29.2 Å². The summed E-state index contributed by atoms with van der Waals surface area (Å²) in [6, 6.07) is 5.52. The fourth-order valence-corrected chi connectivity index (χ4v) is 5.09. The molecule has 1 aromatic carbocycles. The van der Waals surface area contributed by atoms with Crippen molar-refractivity contribution in [1.82, 2.24) is 9.80 Å². The third-order valence-electron chi connectivity index (χ3n) is 6.62. The SMILES string of the molecule is CN(C(=O)Oc1ccc([N+](=O)[O-])cc1)C(=O)[C@@H]1C[C@@H]2CC3(CC[C@H]2N(C)C1)OCCO3. The highest BCUT2D eigenvalue weighted by Gasteiger charge is 2.49. The number of carbonyl (C=O) groups is 2. The molecule has 4 rings (SSSR count). The van der Waals surface area contributed by atoms with Gasteiger partial charge in [-0.2, -0.15) is 0 Å². The Labute approximate surface area is 180 Å². The van der Waals surface area contributed by atoms with Crippen LogP contribution in [-0.4, -0.2) is 72.4 Å². The number of likely N-dealkylation sites (tertiary alicyclic amines) is 1. The zero-order valence-corrected chi connectivity index (χ0v) is 17.7. The molecule has 31 heavy (non-hydrogen) atoms. The zero-order valence-electron chi connectivity index (χ0n) is 17.7. The van der Waals surface area contributed by atoms with E-state index in [0.717, 1.165) is 24.2 Å². The molecule has 2 aliphatic heterocycles. The number of nitrogens with zero attached hydrogens (tertiary/aromatic N) is 3. The van der Waals surface area contributed by atoms with Crippen molar-refractivity contribution in [3.8, 4) is 5.75 Å². The summed E-state index contributed by atoms with van der Waals surface area (Å²) in [5.41, 5.74) is -0.107. The highest BCUT2D eigenvalue weighted by atomic mass is 16.7. The van der Waals surface area contributed by atoms with Crippen LogP contribution >= 0.6 is 0 Å². The first-order valence-electron chi connectivity index (χ1n) is 10.5. The number of piperidine rings is 1. The average molecular weight is 433 g/mol. The molecule has 2 heterocycles. The Kier molecular flexibility index (Phi) is 5.96. The van der Waals surface area contributed by atoms with E-state index in [1.54, 1.807) is 0 Å². The van der Waals surface area contributed by atoms with Crippen molar-refractivity contribution in [2.75, 3.05) is 33.9 Å². The Morgan fingerprint density at radius 2 is 1.94 bits per heavy atom. The van der Waals surface area contributed by atoms with E-state index in [1.165, 1.54) is 31.3 Å². The topological polar surface area (TPSA) is 111 Å². The van der Waals surface area contributed by atoms with Gasteiger partial charge in [0, 0.05) is 44.6 Å². The van der Waals surface area contributed by atoms with Crippen LogP contribution in [0.2, 0.25) is 0 Å². The van der Waals surface area contributed by atoms with Crippen LogP contribution < -0.4 is 4.74 Å².